The number of amides is 2. The molecule has 2 aromatic carbocycles. The highest BCUT2D eigenvalue weighted by Crippen LogP contribution is 2.31. The summed E-state index contributed by atoms with van der Waals surface area (Å²) in [5.74, 6) is -4.06. The number of carbonyl (C=O) groups excluding carboxylic acids is 2. The molecule has 0 saturated heterocycles. The van der Waals surface area contributed by atoms with Crippen molar-refractivity contribution in [3.63, 3.8) is 0 Å². The molecule has 0 spiro atoms. The van der Waals surface area contributed by atoms with Gasteiger partial charge in [-0.15, -0.1) is 0 Å². The molecule has 5 nitrogen and oxygen atoms in total. The van der Waals surface area contributed by atoms with E-state index in [0.29, 0.717) is 11.8 Å². The van der Waals surface area contributed by atoms with Crippen molar-refractivity contribution in [3.05, 3.63) is 83.3 Å². The van der Waals surface area contributed by atoms with Crippen molar-refractivity contribution in [2.75, 3.05) is 10.6 Å². The van der Waals surface area contributed by atoms with Crippen LogP contribution < -0.4 is 10.6 Å². The monoisotopic (exact) mass is 470 g/mol. The lowest BCUT2D eigenvalue weighted by atomic mass is 10.1. The van der Waals surface area contributed by atoms with Crippen LogP contribution in [0.15, 0.2) is 65.3 Å². The normalized spacial score (nSPS) is 11.4. The third-order valence-electron chi connectivity index (χ3n) is 4.16. The van der Waals surface area contributed by atoms with Gasteiger partial charge in [0.1, 0.15) is 5.76 Å². The highest BCUT2D eigenvalue weighted by Gasteiger charge is 2.30. The maximum Gasteiger partial charge on any atom is 0.416 e. The lowest BCUT2D eigenvalue weighted by Gasteiger charge is -2.11. The molecule has 0 fully saturated rings. The van der Waals surface area contributed by atoms with Crippen molar-refractivity contribution < 1.29 is 36.0 Å². The summed E-state index contributed by atoms with van der Waals surface area (Å²) in [6.07, 6.45) is -3.35. The lowest BCUT2D eigenvalue weighted by Crippen LogP contribution is -2.15. The number of thioether (sulfide) groups is 1. The number of halogens is 5. The molecule has 0 aliphatic rings. The summed E-state index contributed by atoms with van der Waals surface area (Å²) in [6, 6.07) is 11.2. The average molecular weight is 470 g/mol. The van der Waals surface area contributed by atoms with Crippen molar-refractivity contribution in [2.24, 2.45) is 0 Å². The number of hydrogen-bond donors (Lipinski definition) is 2. The quantitative estimate of drug-likeness (QED) is 0.400. The van der Waals surface area contributed by atoms with E-state index in [4.69, 9.17) is 4.42 Å². The van der Waals surface area contributed by atoms with Crippen LogP contribution in [0, 0.1) is 0 Å². The standard InChI is InChI=1S/C21H15F5N2O3S/c22-20(23)32-11-17-16(7-8-31-17)19(30)28-14-5-1-3-12(9-14)18(29)27-15-6-2-4-13(10-15)21(24,25)26/h1-10,20H,11H2,(H,27,29)(H,28,30). The van der Waals surface area contributed by atoms with Gasteiger partial charge in [-0.1, -0.05) is 23.9 Å². The third kappa shape index (κ3) is 6.10. The smallest absolute Gasteiger partial charge is 0.416 e. The van der Waals surface area contributed by atoms with Crippen LogP contribution in [0.4, 0.5) is 33.3 Å². The van der Waals surface area contributed by atoms with Gasteiger partial charge >= 0.3 is 6.18 Å². The summed E-state index contributed by atoms with van der Waals surface area (Å²) in [5, 5.41) is 4.91. The molecule has 0 aliphatic carbocycles. The zero-order chi connectivity index (χ0) is 23.3. The van der Waals surface area contributed by atoms with Crippen LogP contribution in [0.5, 0.6) is 0 Å². The minimum atomic E-state index is -4.55. The van der Waals surface area contributed by atoms with Crippen LogP contribution in [0.25, 0.3) is 0 Å². The number of hydrogen-bond acceptors (Lipinski definition) is 4. The Labute approximate surface area is 183 Å². The summed E-state index contributed by atoms with van der Waals surface area (Å²) in [4.78, 5) is 24.9. The Kier molecular flexibility index (Phi) is 7.18. The van der Waals surface area contributed by atoms with E-state index in [0.717, 1.165) is 12.1 Å². The first kappa shape index (κ1) is 23.3. The predicted molar refractivity (Wildman–Crippen MR) is 110 cm³/mol. The third-order valence-corrected chi connectivity index (χ3v) is 4.84. The molecule has 0 aliphatic heterocycles. The molecule has 0 unspecified atom stereocenters. The molecule has 0 radical (unpaired) electrons. The zero-order valence-electron chi connectivity index (χ0n) is 16.1. The number of alkyl halides is 5. The molecular weight excluding hydrogens is 455 g/mol. The number of anilines is 2. The Hall–Kier alpha value is -3.34. The molecular formula is C21H15F5N2O3S. The average Bonchev–Trinajstić information content (AvgIpc) is 3.21. The second kappa shape index (κ2) is 9.86. The second-order valence-corrected chi connectivity index (χ2v) is 7.38. The first-order valence-electron chi connectivity index (χ1n) is 8.99. The van der Waals surface area contributed by atoms with E-state index in [2.05, 4.69) is 10.6 Å². The number of carbonyl (C=O) groups is 2. The molecule has 1 aromatic heterocycles. The van der Waals surface area contributed by atoms with E-state index >= 15 is 0 Å². The van der Waals surface area contributed by atoms with Crippen LogP contribution in [-0.2, 0) is 11.9 Å². The zero-order valence-corrected chi connectivity index (χ0v) is 16.9. The van der Waals surface area contributed by atoms with Crippen molar-refractivity contribution in [1.29, 1.82) is 0 Å². The minimum Gasteiger partial charge on any atom is -0.468 e. The maximum absolute atomic E-state index is 12.8. The van der Waals surface area contributed by atoms with Gasteiger partial charge < -0.3 is 15.1 Å². The van der Waals surface area contributed by atoms with Gasteiger partial charge in [0.05, 0.1) is 23.1 Å². The summed E-state index contributed by atoms with van der Waals surface area (Å²) < 4.78 is 68.4. The molecule has 32 heavy (non-hydrogen) atoms. The summed E-state index contributed by atoms with van der Waals surface area (Å²) in [6.45, 7) is 0. The van der Waals surface area contributed by atoms with Crippen LogP contribution >= 0.6 is 11.8 Å². The topological polar surface area (TPSA) is 71.3 Å². The number of nitrogens with one attached hydrogen (secondary N) is 2. The van der Waals surface area contributed by atoms with E-state index < -0.39 is 29.3 Å². The number of rotatable bonds is 7. The van der Waals surface area contributed by atoms with Crippen molar-refractivity contribution >= 4 is 35.0 Å². The molecule has 3 aromatic rings. The fourth-order valence-corrected chi connectivity index (χ4v) is 3.21. The first-order chi connectivity index (χ1) is 15.1. The van der Waals surface area contributed by atoms with Crippen molar-refractivity contribution in [1.82, 2.24) is 0 Å². The lowest BCUT2D eigenvalue weighted by molar-refractivity contribution is -0.137. The summed E-state index contributed by atoms with van der Waals surface area (Å²) in [7, 11) is 0. The molecule has 11 heteroatoms. The molecule has 2 N–H and O–H groups in total. The summed E-state index contributed by atoms with van der Waals surface area (Å²) in [5.41, 5.74) is -0.575. The van der Waals surface area contributed by atoms with Crippen molar-refractivity contribution in [2.45, 2.75) is 17.7 Å². The van der Waals surface area contributed by atoms with E-state index in [-0.39, 0.29) is 34.0 Å². The van der Waals surface area contributed by atoms with Crippen LogP contribution in [0.2, 0.25) is 0 Å². The van der Waals surface area contributed by atoms with Crippen LogP contribution in [-0.4, -0.2) is 17.6 Å². The molecule has 0 saturated carbocycles. The number of furan rings is 1. The van der Waals surface area contributed by atoms with Gasteiger partial charge in [-0.25, -0.2) is 0 Å². The first-order valence-corrected chi connectivity index (χ1v) is 10.0. The van der Waals surface area contributed by atoms with Gasteiger partial charge in [-0.05, 0) is 42.5 Å². The Morgan fingerprint density at radius 2 is 1.59 bits per heavy atom. The van der Waals surface area contributed by atoms with Gasteiger partial charge in [-0.3, -0.25) is 9.59 Å². The Bertz CT molecular complexity index is 1110. The van der Waals surface area contributed by atoms with Gasteiger partial charge in [-0.2, -0.15) is 22.0 Å². The largest absolute Gasteiger partial charge is 0.468 e. The predicted octanol–water partition coefficient (Wildman–Crippen LogP) is 6.26. The SMILES string of the molecule is O=C(Nc1cccc(C(F)(F)F)c1)c1cccc(NC(=O)c2ccoc2CSC(F)F)c1. The fraction of sp³-hybridized carbons (Fsp3) is 0.143. The maximum atomic E-state index is 12.8. The van der Waals surface area contributed by atoms with Crippen LogP contribution in [0.3, 0.4) is 0 Å². The van der Waals surface area contributed by atoms with Crippen molar-refractivity contribution in [3.8, 4) is 0 Å². The van der Waals surface area contributed by atoms with Gasteiger partial charge in [0.15, 0.2) is 0 Å². The van der Waals surface area contributed by atoms with E-state index in [9.17, 15) is 31.5 Å². The molecule has 0 atom stereocenters. The highest BCUT2D eigenvalue weighted by atomic mass is 32.2. The van der Waals surface area contributed by atoms with E-state index in [1.165, 1.54) is 48.7 Å². The Morgan fingerprint density at radius 1 is 0.938 bits per heavy atom. The fourth-order valence-electron chi connectivity index (χ4n) is 2.71. The number of benzene rings is 2. The highest BCUT2D eigenvalue weighted by molar-refractivity contribution is 7.98. The van der Waals surface area contributed by atoms with E-state index in [1.54, 1.807) is 0 Å². The summed E-state index contributed by atoms with van der Waals surface area (Å²) >= 11 is 0.306. The van der Waals surface area contributed by atoms with Gasteiger partial charge in [0, 0.05) is 16.9 Å². The molecule has 1 heterocycles. The second-order valence-electron chi connectivity index (χ2n) is 6.40. The molecule has 3 rings (SSSR count). The molecule has 2 amide bonds. The Balaban J connectivity index is 1.70. The van der Waals surface area contributed by atoms with E-state index in [1.807, 2.05) is 0 Å². The molecule has 0 bridgehead atoms. The van der Waals surface area contributed by atoms with Crippen LogP contribution in [0.1, 0.15) is 32.0 Å². The van der Waals surface area contributed by atoms with Gasteiger partial charge in [0.2, 0.25) is 0 Å². The van der Waals surface area contributed by atoms with Gasteiger partial charge in [0.25, 0.3) is 17.6 Å². The minimum absolute atomic E-state index is 0.0427. The Morgan fingerprint density at radius 3 is 2.28 bits per heavy atom. The molecule has 168 valence electrons.